The van der Waals surface area contributed by atoms with E-state index < -0.39 is 12.1 Å². The highest BCUT2D eigenvalue weighted by molar-refractivity contribution is 8.12. The second-order valence-corrected chi connectivity index (χ2v) is 3.99. The maximum absolute atomic E-state index is 9.55. The summed E-state index contributed by atoms with van der Waals surface area (Å²) in [7, 11) is 2.70. The van der Waals surface area contributed by atoms with Crippen LogP contribution in [0, 0.1) is 0 Å². The van der Waals surface area contributed by atoms with Gasteiger partial charge in [0.1, 0.15) is 5.78 Å². The average Bonchev–Trinajstić information content (AvgIpc) is 2.38. The predicted molar refractivity (Wildman–Crippen MR) is 89.6 cm³/mol. The lowest BCUT2D eigenvalue weighted by Crippen LogP contribution is -2.24. The van der Waals surface area contributed by atoms with E-state index in [1.54, 1.807) is 6.26 Å². The van der Waals surface area contributed by atoms with E-state index in [0.29, 0.717) is 0 Å². The molecule has 0 spiro atoms. The van der Waals surface area contributed by atoms with Crippen LogP contribution in [0.15, 0.2) is 0 Å². The first-order valence-electron chi connectivity index (χ1n) is 5.65. The number of thioether (sulfide) groups is 1. The molecule has 0 radical (unpaired) electrons. The third-order valence-electron chi connectivity index (χ3n) is 0.649. The van der Waals surface area contributed by atoms with Gasteiger partial charge in [-0.3, -0.25) is 9.59 Å². The van der Waals surface area contributed by atoms with Crippen LogP contribution in [0.3, 0.4) is 0 Å². The molecule has 23 heavy (non-hydrogen) atoms. The SMILES string of the molecule is CC(C)=O.CC(N)=O.CNC(N)=O.COC(N)=O.CSC(N)=O. The molecule has 0 fully saturated rings. The number of ketones is 1. The van der Waals surface area contributed by atoms with E-state index in [1.165, 1.54) is 34.9 Å². The zero-order valence-electron chi connectivity index (χ0n) is 14.2. The fraction of sp³-hybridized carbons (Fsp3) is 0.545. The number of ether oxygens (including phenoxy) is 1. The molecule has 0 aliphatic carbocycles. The van der Waals surface area contributed by atoms with Crippen LogP contribution in [-0.4, -0.2) is 49.5 Å². The molecule has 0 aromatic heterocycles. The maximum Gasteiger partial charge on any atom is 0.404 e. The van der Waals surface area contributed by atoms with Crippen molar-refractivity contribution in [2.75, 3.05) is 20.4 Å². The Labute approximate surface area is 139 Å². The van der Waals surface area contributed by atoms with Crippen molar-refractivity contribution in [3.63, 3.8) is 0 Å². The number of primary amides is 4. The Hall–Kier alpha value is -2.50. The third kappa shape index (κ3) is 488. The van der Waals surface area contributed by atoms with E-state index >= 15 is 0 Å². The fourth-order valence-corrected chi connectivity index (χ4v) is 0. The third-order valence-corrected chi connectivity index (χ3v) is 1.05. The first-order valence-corrected chi connectivity index (χ1v) is 6.87. The number of hydrogen-bond donors (Lipinski definition) is 5. The van der Waals surface area contributed by atoms with Gasteiger partial charge in [-0.1, -0.05) is 11.8 Å². The summed E-state index contributed by atoms with van der Waals surface area (Å²) in [5.41, 5.74) is 18.1. The van der Waals surface area contributed by atoms with Gasteiger partial charge in [0.25, 0.3) is 5.24 Å². The number of Topliss-reactive ketones (excluding diaryl/α,β-unsaturated/α-hetero) is 1. The van der Waals surface area contributed by atoms with Crippen LogP contribution in [-0.2, 0) is 14.3 Å². The van der Waals surface area contributed by atoms with Crippen LogP contribution < -0.4 is 28.3 Å². The molecule has 11 nitrogen and oxygen atoms in total. The number of nitrogens with one attached hydrogen (secondary N) is 1. The van der Waals surface area contributed by atoms with Crippen molar-refractivity contribution in [2.24, 2.45) is 22.9 Å². The average molecular weight is 357 g/mol. The van der Waals surface area contributed by atoms with Gasteiger partial charge in [0, 0.05) is 14.0 Å². The molecule has 0 unspecified atom stereocenters. The standard InChI is InChI=1S/C3H6O.C2H6N2O.C2H5NO2.C2H5NOS.C2H5NO/c1-3(2)4;1-4-2(3)5;2*1-5-2(3)4;1-2(3)4/h1-2H3;1H3,(H3,3,4,5);2*1H3,(H2,3,4);1H3,(H2,3,4). The lowest BCUT2D eigenvalue weighted by molar-refractivity contribution is -0.116. The second-order valence-electron chi connectivity index (χ2n) is 3.18. The Kier molecular flexibility index (Phi) is 39.2. The molecule has 0 aliphatic heterocycles. The molecule has 0 aliphatic rings. The summed E-state index contributed by atoms with van der Waals surface area (Å²) in [5.74, 6) is -0.167. The summed E-state index contributed by atoms with van der Waals surface area (Å²) >= 11 is 1.02. The zero-order chi connectivity index (χ0) is 20.0. The normalized spacial score (nSPS) is 6.70. The molecule has 0 atom stereocenters. The van der Waals surface area contributed by atoms with Gasteiger partial charge < -0.3 is 37.8 Å². The van der Waals surface area contributed by atoms with Gasteiger partial charge in [-0.15, -0.1) is 0 Å². The first-order chi connectivity index (χ1) is 10.3. The number of rotatable bonds is 0. The summed E-state index contributed by atoms with van der Waals surface area (Å²) < 4.78 is 3.89. The van der Waals surface area contributed by atoms with Crippen LogP contribution in [0.5, 0.6) is 0 Å². The van der Waals surface area contributed by atoms with Gasteiger partial charge in [0.15, 0.2) is 0 Å². The van der Waals surface area contributed by atoms with Gasteiger partial charge in [-0.25, -0.2) is 9.59 Å². The minimum absolute atomic E-state index is 0.167. The lowest BCUT2D eigenvalue weighted by Gasteiger charge is -1.81. The summed E-state index contributed by atoms with van der Waals surface area (Å²) in [6, 6.07) is -0.495. The lowest BCUT2D eigenvalue weighted by atomic mass is 10.6. The molecule has 9 N–H and O–H groups in total. The van der Waals surface area contributed by atoms with Crippen molar-refractivity contribution in [1.82, 2.24) is 5.32 Å². The van der Waals surface area contributed by atoms with Crippen molar-refractivity contribution in [3.05, 3.63) is 0 Å². The Morgan fingerprint density at radius 3 is 1.04 bits per heavy atom. The van der Waals surface area contributed by atoms with E-state index in [4.69, 9.17) is 0 Å². The van der Waals surface area contributed by atoms with Crippen molar-refractivity contribution >= 4 is 40.8 Å². The van der Waals surface area contributed by atoms with Gasteiger partial charge >= 0.3 is 12.1 Å². The largest absolute Gasteiger partial charge is 0.453 e. The van der Waals surface area contributed by atoms with E-state index in [0.717, 1.165) is 11.8 Å². The maximum atomic E-state index is 9.55. The molecule has 0 heterocycles. The van der Waals surface area contributed by atoms with Crippen molar-refractivity contribution in [1.29, 1.82) is 0 Å². The van der Waals surface area contributed by atoms with E-state index in [2.05, 4.69) is 33.0 Å². The van der Waals surface area contributed by atoms with Gasteiger partial charge in [-0.05, 0) is 20.1 Å². The zero-order valence-corrected chi connectivity index (χ0v) is 15.0. The number of hydrogen-bond acceptors (Lipinski definition) is 7. The Bertz CT molecular complexity index is 299. The molecule has 0 aromatic carbocycles. The molecule has 0 rings (SSSR count). The van der Waals surface area contributed by atoms with Crippen molar-refractivity contribution in [2.45, 2.75) is 20.8 Å². The first kappa shape index (κ1) is 32.4. The van der Waals surface area contributed by atoms with Crippen LogP contribution in [0.4, 0.5) is 14.4 Å². The summed E-state index contributed by atoms with van der Waals surface area (Å²) in [6.07, 6.45) is 0.896. The summed E-state index contributed by atoms with van der Waals surface area (Å²) in [5, 5.41) is 1.84. The van der Waals surface area contributed by atoms with E-state index in [-0.39, 0.29) is 16.9 Å². The van der Waals surface area contributed by atoms with Crippen molar-refractivity contribution < 1.29 is 28.7 Å². The molecule has 5 amide bonds. The highest BCUT2D eigenvalue weighted by Gasteiger charge is 1.78. The highest BCUT2D eigenvalue weighted by atomic mass is 32.2. The molecule has 0 bridgehead atoms. The molecular weight excluding hydrogens is 330 g/mol. The number of amides is 5. The van der Waals surface area contributed by atoms with Crippen molar-refractivity contribution in [3.8, 4) is 0 Å². The highest BCUT2D eigenvalue weighted by Crippen LogP contribution is 1.85. The Morgan fingerprint density at radius 1 is 0.913 bits per heavy atom. The minimum Gasteiger partial charge on any atom is -0.453 e. The van der Waals surface area contributed by atoms with Crippen LogP contribution in [0.1, 0.15) is 20.8 Å². The van der Waals surface area contributed by atoms with Crippen LogP contribution >= 0.6 is 11.8 Å². The van der Waals surface area contributed by atoms with Gasteiger partial charge in [0.2, 0.25) is 5.91 Å². The summed E-state index contributed by atoms with van der Waals surface area (Å²) in [4.78, 5) is 47.1. The molecule has 0 saturated carbocycles. The quantitative estimate of drug-likeness (QED) is 0.383. The number of carbonyl (C=O) groups excluding carboxylic acids is 5. The van der Waals surface area contributed by atoms with Crippen LogP contribution in [0.25, 0.3) is 0 Å². The fourth-order valence-electron chi connectivity index (χ4n) is 0. The van der Waals surface area contributed by atoms with Gasteiger partial charge in [-0.2, -0.15) is 0 Å². The number of methoxy groups -OCH3 is 1. The minimum atomic E-state index is -0.745. The topological polar surface area (TPSA) is 211 Å². The smallest absolute Gasteiger partial charge is 0.404 e. The Balaban J connectivity index is -0.0000000589. The number of nitrogens with two attached hydrogens (primary N) is 4. The molecule has 0 aromatic rings. The molecule has 138 valence electrons. The monoisotopic (exact) mass is 357 g/mol. The van der Waals surface area contributed by atoms with Gasteiger partial charge in [0.05, 0.1) is 7.11 Å². The molecule has 0 saturated heterocycles. The molecule has 12 heteroatoms. The predicted octanol–water partition coefficient (Wildman–Crippen LogP) is -0.489. The Morgan fingerprint density at radius 2 is 1.04 bits per heavy atom. The summed E-state index contributed by atoms with van der Waals surface area (Å²) in [6.45, 7) is 4.36. The van der Waals surface area contributed by atoms with E-state index in [1.807, 2.05) is 0 Å². The van der Waals surface area contributed by atoms with Crippen LogP contribution in [0.2, 0.25) is 0 Å². The number of urea groups is 1. The second kappa shape index (κ2) is 27.8. The molecular formula is C11H27N5O6S. The number of carbonyl (C=O) groups is 5. The van der Waals surface area contributed by atoms with E-state index in [9.17, 15) is 24.0 Å².